The van der Waals surface area contributed by atoms with E-state index < -0.39 is 0 Å². The maximum Gasteiger partial charge on any atom is 0.251 e. The van der Waals surface area contributed by atoms with Crippen molar-refractivity contribution < 1.29 is 4.79 Å². The predicted molar refractivity (Wildman–Crippen MR) is 110 cm³/mol. The van der Waals surface area contributed by atoms with Gasteiger partial charge in [-0.15, -0.1) is 0 Å². The van der Waals surface area contributed by atoms with Gasteiger partial charge in [-0.05, 0) is 36.1 Å². The lowest BCUT2D eigenvalue weighted by atomic mass is 9.87. The third-order valence-corrected chi connectivity index (χ3v) is 4.34. The number of anilines is 1. The summed E-state index contributed by atoms with van der Waals surface area (Å²) in [6.45, 7) is 9.43. The van der Waals surface area contributed by atoms with Gasteiger partial charge in [0.2, 0.25) is 0 Å². The van der Waals surface area contributed by atoms with Crippen molar-refractivity contribution in [2.45, 2.75) is 33.1 Å². The van der Waals surface area contributed by atoms with Crippen molar-refractivity contribution in [3.8, 4) is 5.82 Å². The molecule has 0 unspecified atom stereocenters. The fourth-order valence-corrected chi connectivity index (χ4v) is 2.70. The van der Waals surface area contributed by atoms with Crippen LogP contribution in [0.25, 0.3) is 5.82 Å². The zero-order valence-electron chi connectivity index (χ0n) is 16.7. The normalized spacial score (nSPS) is 11.3. The van der Waals surface area contributed by atoms with Crippen LogP contribution in [0.15, 0.2) is 48.9 Å². The SMILES string of the molecule is Cc1ccn(-c2cc(NCCNC(=O)c3ccc(C(C)(C)C)cc3)ncn2)n1. The number of nitrogens with one attached hydrogen (secondary N) is 2. The minimum atomic E-state index is -0.0855. The Bertz CT molecular complexity index is 940. The van der Waals surface area contributed by atoms with E-state index in [1.54, 1.807) is 4.68 Å². The van der Waals surface area contributed by atoms with Crippen LogP contribution < -0.4 is 10.6 Å². The van der Waals surface area contributed by atoms with Crippen LogP contribution in [0, 0.1) is 6.92 Å². The standard InChI is InChI=1S/C21H26N6O/c1-15-9-12-27(26-15)19-13-18(24-14-25-19)22-10-11-23-20(28)16-5-7-17(8-6-16)21(2,3)4/h5-9,12-14H,10-11H2,1-4H3,(H,23,28)(H,22,24,25). The molecule has 2 N–H and O–H groups in total. The molecule has 3 rings (SSSR count). The number of aromatic nitrogens is 4. The molecule has 1 aromatic carbocycles. The summed E-state index contributed by atoms with van der Waals surface area (Å²) in [6.07, 6.45) is 3.34. The van der Waals surface area contributed by atoms with Crippen LogP contribution in [-0.4, -0.2) is 38.7 Å². The van der Waals surface area contributed by atoms with Crippen LogP contribution >= 0.6 is 0 Å². The number of nitrogens with zero attached hydrogens (tertiary/aromatic N) is 4. The molecule has 2 aromatic heterocycles. The maximum atomic E-state index is 12.3. The van der Waals surface area contributed by atoms with E-state index >= 15 is 0 Å². The second kappa shape index (κ2) is 8.21. The first kappa shape index (κ1) is 19.5. The molecule has 7 nitrogen and oxygen atoms in total. The van der Waals surface area contributed by atoms with Crippen LogP contribution in [0.4, 0.5) is 5.82 Å². The minimum Gasteiger partial charge on any atom is -0.368 e. The molecule has 0 radical (unpaired) electrons. The van der Waals surface area contributed by atoms with Gasteiger partial charge >= 0.3 is 0 Å². The predicted octanol–water partition coefficient (Wildman–Crippen LogP) is 3.11. The summed E-state index contributed by atoms with van der Waals surface area (Å²) in [6, 6.07) is 11.5. The Labute approximate surface area is 165 Å². The van der Waals surface area contributed by atoms with Crippen LogP contribution in [-0.2, 0) is 5.41 Å². The lowest BCUT2D eigenvalue weighted by Gasteiger charge is -2.19. The van der Waals surface area contributed by atoms with Crippen LogP contribution in [0.3, 0.4) is 0 Å². The zero-order chi connectivity index (χ0) is 20.1. The van der Waals surface area contributed by atoms with Gasteiger partial charge in [0.15, 0.2) is 5.82 Å². The fraction of sp³-hybridized carbons (Fsp3) is 0.333. The summed E-state index contributed by atoms with van der Waals surface area (Å²) >= 11 is 0. The molecule has 1 amide bonds. The third-order valence-electron chi connectivity index (χ3n) is 4.34. The van der Waals surface area contributed by atoms with Crippen molar-refractivity contribution in [2.24, 2.45) is 0 Å². The molecule has 0 bridgehead atoms. The monoisotopic (exact) mass is 378 g/mol. The molecular formula is C21H26N6O. The summed E-state index contributed by atoms with van der Waals surface area (Å²) in [5.74, 6) is 1.29. The quantitative estimate of drug-likeness (QED) is 0.644. The average molecular weight is 378 g/mol. The molecule has 0 fully saturated rings. The number of hydrogen-bond donors (Lipinski definition) is 2. The molecule has 0 aliphatic carbocycles. The summed E-state index contributed by atoms with van der Waals surface area (Å²) in [5.41, 5.74) is 2.86. The lowest BCUT2D eigenvalue weighted by molar-refractivity contribution is 0.0955. The number of carbonyl (C=O) groups is 1. The van der Waals surface area contributed by atoms with Gasteiger partial charge in [0.05, 0.1) is 5.69 Å². The summed E-state index contributed by atoms with van der Waals surface area (Å²) in [4.78, 5) is 20.7. The van der Waals surface area contributed by atoms with Gasteiger partial charge in [0, 0.05) is 30.9 Å². The second-order valence-corrected chi connectivity index (χ2v) is 7.67. The summed E-state index contributed by atoms with van der Waals surface area (Å²) in [7, 11) is 0. The molecule has 0 aliphatic rings. The van der Waals surface area contributed by atoms with E-state index in [1.807, 2.05) is 49.5 Å². The zero-order valence-corrected chi connectivity index (χ0v) is 16.7. The van der Waals surface area contributed by atoms with Gasteiger partial charge in [-0.3, -0.25) is 4.79 Å². The van der Waals surface area contributed by atoms with Crippen molar-refractivity contribution >= 4 is 11.7 Å². The highest BCUT2D eigenvalue weighted by Crippen LogP contribution is 2.22. The molecule has 0 aliphatic heterocycles. The van der Waals surface area contributed by atoms with Crippen LogP contribution in [0.2, 0.25) is 0 Å². The Morgan fingerprint density at radius 1 is 1.07 bits per heavy atom. The number of carbonyl (C=O) groups excluding carboxylic acids is 1. The molecule has 0 saturated carbocycles. The van der Waals surface area contributed by atoms with Gasteiger partial charge in [-0.1, -0.05) is 32.9 Å². The highest BCUT2D eigenvalue weighted by atomic mass is 16.1. The van der Waals surface area contributed by atoms with E-state index in [-0.39, 0.29) is 11.3 Å². The Hall–Kier alpha value is -3.22. The van der Waals surface area contributed by atoms with Crippen molar-refractivity contribution in [3.05, 3.63) is 65.7 Å². The fourth-order valence-electron chi connectivity index (χ4n) is 2.70. The number of hydrogen-bond acceptors (Lipinski definition) is 5. The molecule has 0 spiro atoms. The summed E-state index contributed by atoms with van der Waals surface area (Å²) < 4.78 is 1.70. The van der Waals surface area contributed by atoms with Gasteiger partial charge < -0.3 is 10.6 Å². The first-order valence-corrected chi connectivity index (χ1v) is 9.30. The Morgan fingerprint density at radius 3 is 2.46 bits per heavy atom. The van der Waals surface area contributed by atoms with Crippen molar-refractivity contribution in [2.75, 3.05) is 18.4 Å². The molecule has 0 saturated heterocycles. The lowest BCUT2D eigenvalue weighted by Crippen LogP contribution is -2.29. The first-order valence-electron chi connectivity index (χ1n) is 9.30. The number of rotatable bonds is 6. The molecule has 7 heteroatoms. The van der Waals surface area contributed by atoms with Crippen molar-refractivity contribution in [3.63, 3.8) is 0 Å². The van der Waals surface area contributed by atoms with Crippen molar-refractivity contribution in [1.82, 2.24) is 25.1 Å². The third kappa shape index (κ3) is 4.94. The van der Waals surface area contributed by atoms with E-state index in [0.29, 0.717) is 30.3 Å². The number of amides is 1. The highest BCUT2D eigenvalue weighted by molar-refractivity contribution is 5.94. The molecular weight excluding hydrogens is 352 g/mol. The Balaban J connectivity index is 1.50. The second-order valence-electron chi connectivity index (χ2n) is 7.67. The van der Waals surface area contributed by atoms with E-state index in [4.69, 9.17) is 0 Å². The highest BCUT2D eigenvalue weighted by Gasteiger charge is 2.14. The van der Waals surface area contributed by atoms with E-state index in [2.05, 4.69) is 46.5 Å². The number of benzene rings is 1. The van der Waals surface area contributed by atoms with Gasteiger partial charge in [-0.2, -0.15) is 5.10 Å². The van der Waals surface area contributed by atoms with Crippen LogP contribution in [0.5, 0.6) is 0 Å². The van der Waals surface area contributed by atoms with E-state index in [9.17, 15) is 4.79 Å². The van der Waals surface area contributed by atoms with Gasteiger partial charge in [0.1, 0.15) is 12.1 Å². The topological polar surface area (TPSA) is 84.7 Å². The largest absolute Gasteiger partial charge is 0.368 e. The average Bonchev–Trinajstić information content (AvgIpc) is 3.11. The van der Waals surface area contributed by atoms with E-state index in [1.165, 1.54) is 11.9 Å². The smallest absolute Gasteiger partial charge is 0.251 e. The van der Waals surface area contributed by atoms with Crippen molar-refractivity contribution in [1.29, 1.82) is 0 Å². The number of aryl methyl sites for hydroxylation is 1. The molecule has 28 heavy (non-hydrogen) atoms. The minimum absolute atomic E-state index is 0.0736. The van der Waals surface area contributed by atoms with Gasteiger partial charge in [-0.25, -0.2) is 14.6 Å². The Morgan fingerprint density at radius 2 is 1.82 bits per heavy atom. The maximum absolute atomic E-state index is 12.3. The molecule has 3 aromatic rings. The summed E-state index contributed by atoms with van der Waals surface area (Å²) in [5, 5.41) is 10.4. The molecule has 0 atom stereocenters. The van der Waals surface area contributed by atoms with E-state index in [0.717, 1.165) is 5.69 Å². The van der Waals surface area contributed by atoms with Crippen LogP contribution in [0.1, 0.15) is 42.4 Å². The molecule has 146 valence electrons. The first-order chi connectivity index (χ1) is 13.3. The molecule has 2 heterocycles. The Kier molecular flexibility index (Phi) is 5.73. The van der Waals surface area contributed by atoms with Gasteiger partial charge in [0.25, 0.3) is 5.91 Å².